The first-order valence-corrected chi connectivity index (χ1v) is 8.76. The van der Waals surface area contributed by atoms with Crippen LogP contribution in [0.4, 0.5) is 5.69 Å². The van der Waals surface area contributed by atoms with Crippen LogP contribution in [-0.2, 0) is 11.4 Å². The van der Waals surface area contributed by atoms with Crippen molar-refractivity contribution in [1.82, 2.24) is 0 Å². The first-order valence-electron chi connectivity index (χ1n) is 7.77. The molecule has 3 nitrogen and oxygen atoms in total. The van der Waals surface area contributed by atoms with Gasteiger partial charge in [0, 0.05) is 10.6 Å². The lowest BCUT2D eigenvalue weighted by atomic mass is 10.1. The van der Waals surface area contributed by atoms with Gasteiger partial charge in [-0.3, -0.25) is 4.79 Å². The first kappa shape index (κ1) is 16.6. The number of carbonyl (C=O) groups excluding carboxylic acids is 1. The number of fused-ring (bicyclic) bond motifs is 1. The molecule has 4 heteroatoms. The first-order chi connectivity index (χ1) is 11.7. The maximum Gasteiger partial charge on any atom is 0.234 e. The van der Waals surface area contributed by atoms with Crippen molar-refractivity contribution in [3.8, 4) is 0 Å². The van der Waals surface area contributed by atoms with Crippen LogP contribution in [0.1, 0.15) is 11.1 Å². The number of anilines is 1. The number of benzene rings is 3. The van der Waals surface area contributed by atoms with Crippen molar-refractivity contribution in [3.05, 3.63) is 71.8 Å². The van der Waals surface area contributed by atoms with Gasteiger partial charge in [-0.2, -0.15) is 0 Å². The van der Waals surface area contributed by atoms with Crippen LogP contribution >= 0.6 is 11.8 Å². The third kappa shape index (κ3) is 3.96. The number of carbonyl (C=O) groups is 1. The van der Waals surface area contributed by atoms with Crippen LogP contribution in [0, 0.1) is 6.92 Å². The number of hydrogen-bond donors (Lipinski definition) is 2. The molecule has 0 unspecified atom stereocenters. The van der Waals surface area contributed by atoms with Crippen molar-refractivity contribution in [1.29, 1.82) is 0 Å². The fourth-order valence-electron chi connectivity index (χ4n) is 2.49. The Morgan fingerprint density at radius 3 is 2.62 bits per heavy atom. The molecule has 3 aromatic carbocycles. The summed E-state index contributed by atoms with van der Waals surface area (Å²) < 4.78 is 0. The Morgan fingerprint density at radius 2 is 1.83 bits per heavy atom. The largest absolute Gasteiger partial charge is 0.392 e. The average molecular weight is 337 g/mol. The molecular formula is C20H19NO2S. The van der Waals surface area contributed by atoms with Gasteiger partial charge in [-0.1, -0.05) is 42.5 Å². The van der Waals surface area contributed by atoms with Crippen molar-refractivity contribution < 1.29 is 9.90 Å². The highest BCUT2D eigenvalue weighted by atomic mass is 32.2. The molecule has 0 aromatic heterocycles. The molecule has 0 fully saturated rings. The second kappa shape index (κ2) is 7.51. The molecule has 0 aliphatic carbocycles. The van der Waals surface area contributed by atoms with E-state index in [1.807, 2.05) is 43.3 Å². The van der Waals surface area contributed by atoms with Gasteiger partial charge in [0.25, 0.3) is 0 Å². The Bertz CT molecular complexity index is 876. The van der Waals surface area contributed by atoms with E-state index in [-0.39, 0.29) is 12.5 Å². The van der Waals surface area contributed by atoms with Crippen LogP contribution in [-0.4, -0.2) is 16.8 Å². The lowest BCUT2D eigenvalue weighted by Gasteiger charge is -2.10. The summed E-state index contributed by atoms with van der Waals surface area (Å²) in [4.78, 5) is 13.3. The van der Waals surface area contributed by atoms with Gasteiger partial charge in [0.2, 0.25) is 5.91 Å². The summed E-state index contributed by atoms with van der Waals surface area (Å²) in [7, 11) is 0. The van der Waals surface area contributed by atoms with E-state index in [1.165, 1.54) is 22.5 Å². The van der Waals surface area contributed by atoms with E-state index in [9.17, 15) is 9.90 Å². The number of amides is 1. The third-order valence-electron chi connectivity index (χ3n) is 3.85. The number of hydrogen-bond acceptors (Lipinski definition) is 3. The zero-order valence-electron chi connectivity index (χ0n) is 13.5. The van der Waals surface area contributed by atoms with Gasteiger partial charge in [-0.15, -0.1) is 11.8 Å². The molecule has 1 amide bonds. The molecule has 0 atom stereocenters. The van der Waals surface area contributed by atoms with E-state index in [2.05, 4.69) is 29.6 Å². The van der Waals surface area contributed by atoms with Crippen LogP contribution in [0.15, 0.2) is 65.6 Å². The van der Waals surface area contributed by atoms with Crippen molar-refractivity contribution in [2.75, 3.05) is 11.1 Å². The molecule has 122 valence electrons. The minimum Gasteiger partial charge on any atom is -0.392 e. The number of nitrogens with one attached hydrogen (secondary N) is 1. The number of aliphatic hydroxyl groups is 1. The predicted molar refractivity (Wildman–Crippen MR) is 100 cm³/mol. The minimum atomic E-state index is -0.0497. The maximum absolute atomic E-state index is 12.2. The zero-order chi connectivity index (χ0) is 16.9. The second-order valence-electron chi connectivity index (χ2n) is 5.65. The summed E-state index contributed by atoms with van der Waals surface area (Å²) in [6.45, 7) is 1.90. The van der Waals surface area contributed by atoms with Crippen molar-refractivity contribution >= 4 is 34.1 Å². The molecule has 0 saturated heterocycles. The van der Waals surface area contributed by atoms with Crippen molar-refractivity contribution in [2.45, 2.75) is 18.4 Å². The van der Waals surface area contributed by atoms with E-state index < -0.39 is 0 Å². The summed E-state index contributed by atoms with van der Waals surface area (Å²) in [5.74, 6) is 0.299. The molecule has 3 aromatic rings. The molecule has 3 rings (SSSR count). The number of aryl methyl sites for hydroxylation is 1. The molecule has 0 heterocycles. The van der Waals surface area contributed by atoms with E-state index >= 15 is 0 Å². The summed E-state index contributed by atoms with van der Waals surface area (Å²) in [6, 6.07) is 20.0. The Kier molecular flexibility index (Phi) is 5.18. The highest BCUT2D eigenvalue weighted by Gasteiger charge is 2.07. The van der Waals surface area contributed by atoms with Crippen LogP contribution in [0.5, 0.6) is 0 Å². The van der Waals surface area contributed by atoms with Crippen LogP contribution in [0.3, 0.4) is 0 Å². The van der Waals surface area contributed by atoms with Crippen LogP contribution in [0.25, 0.3) is 10.8 Å². The van der Waals surface area contributed by atoms with Gasteiger partial charge in [-0.25, -0.2) is 0 Å². The number of aliphatic hydroxyl groups excluding tert-OH is 1. The predicted octanol–water partition coefficient (Wildman–Crippen LogP) is 4.37. The van der Waals surface area contributed by atoms with Gasteiger partial charge in [-0.05, 0) is 47.0 Å². The van der Waals surface area contributed by atoms with E-state index in [0.29, 0.717) is 5.75 Å². The number of thioether (sulfide) groups is 1. The Labute approximate surface area is 145 Å². The third-order valence-corrected chi connectivity index (χ3v) is 4.84. The summed E-state index contributed by atoms with van der Waals surface area (Å²) in [5, 5.41) is 14.5. The molecular weight excluding hydrogens is 318 g/mol. The quantitative estimate of drug-likeness (QED) is 0.680. The second-order valence-corrected chi connectivity index (χ2v) is 6.70. The van der Waals surface area contributed by atoms with E-state index in [4.69, 9.17) is 0 Å². The topological polar surface area (TPSA) is 49.3 Å². The van der Waals surface area contributed by atoms with Gasteiger partial charge in [0.15, 0.2) is 0 Å². The number of rotatable bonds is 5. The summed E-state index contributed by atoms with van der Waals surface area (Å²) in [6.07, 6.45) is 0. The average Bonchev–Trinajstić information content (AvgIpc) is 2.61. The molecule has 2 N–H and O–H groups in total. The smallest absolute Gasteiger partial charge is 0.234 e. The lowest BCUT2D eigenvalue weighted by Crippen LogP contribution is -2.15. The summed E-state index contributed by atoms with van der Waals surface area (Å²) >= 11 is 1.52. The molecule has 24 heavy (non-hydrogen) atoms. The monoisotopic (exact) mass is 337 g/mol. The van der Waals surface area contributed by atoms with Crippen LogP contribution in [0.2, 0.25) is 0 Å². The fourth-order valence-corrected chi connectivity index (χ4v) is 3.24. The fraction of sp³-hybridized carbons (Fsp3) is 0.150. The molecule has 0 aliphatic heterocycles. The summed E-state index contributed by atoms with van der Waals surface area (Å²) in [5.41, 5.74) is 2.53. The minimum absolute atomic E-state index is 0.0327. The Morgan fingerprint density at radius 1 is 1.04 bits per heavy atom. The highest BCUT2D eigenvalue weighted by Crippen LogP contribution is 2.24. The molecule has 0 bridgehead atoms. The molecule has 0 aliphatic rings. The standard InChI is InChI=1S/C20H19NO2S/c1-14-6-7-15(12-22)10-19(14)21-20(23)13-24-18-9-8-16-4-2-3-5-17(16)11-18/h2-11,22H,12-13H2,1H3,(H,21,23). The SMILES string of the molecule is Cc1ccc(CO)cc1NC(=O)CSc1ccc2ccccc2c1. The van der Waals surface area contributed by atoms with Gasteiger partial charge >= 0.3 is 0 Å². The highest BCUT2D eigenvalue weighted by molar-refractivity contribution is 8.00. The van der Waals surface area contributed by atoms with E-state index in [0.717, 1.165) is 21.7 Å². The molecule has 0 radical (unpaired) electrons. The molecule has 0 spiro atoms. The van der Waals surface area contributed by atoms with E-state index in [1.54, 1.807) is 0 Å². The molecule has 0 saturated carbocycles. The van der Waals surface area contributed by atoms with Crippen LogP contribution < -0.4 is 5.32 Å². The zero-order valence-corrected chi connectivity index (χ0v) is 14.3. The lowest BCUT2D eigenvalue weighted by molar-refractivity contribution is -0.113. The van der Waals surface area contributed by atoms with Gasteiger partial charge in [0.1, 0.15) is 0 Å². The van der Waals surface area contributed by atoms with Gasteiger partial charge in [0.05, 0.1) is 12.4 Å². The van der Waals surface area contributed by atoms with Crippen molar-refractivity contribution in [2.24, 2.45) is 0 Å². The van der Waals surface area contributed by atoms with Crippen molar-refractivity contribution in [3.63, 3.8) is 0 Å². The Balaban J connectivity index is 1.64. The van der Waals surface area contributed by atoms with Gasteiger partial charge < -0.3 is 10.4 Å². The normalized spacial score (nSPS) is 10.8. The Hall–Kier alpha value is -2.30. The maximum atomic E-state index is 12.2.